The summed E-state index contributed by atoms with van der Waals surface area (Å²) in [5.74, 6) is 1.01. The van der Waals surface area contributed by atoms with Gasteiger partial charge in [-0.1, -0.05) is 45.0 Å². The van der Waals surface area contributed by atoms with Crippen molar-refractivity contribution in [2.45, 2.75) is 39.0 Å². The zero-order valence-electron chi connectivity index (χ0n) is 12.0. The van der Waals surface area contributed by atoms with Crippen molar-refractivity contribution >= 4 is 0 Å². The van der Waals surface area contributed by atoms with Crippen LogP contribution in [-0.4, -0.2) is 16.5 Å². The van der Waals surface area contributed by atoms with Crippen molar-refractivity contribution in [1.29, 1.82) is 0 Å². The van der Waals surface area contributed by atoms with E-state index in [9.17, 15) is 0 Å². The Morgan fingerprint density at radius 3 is 2.42 bits per heavy atom. The highest BCUT2D eigenvalue weighted by Gasteiger charge is 2.13. The highest BCUT2D eigenvalue weighted by molar-refractivity contribution is 5.59. The Labute approximate surface area is 115 Å². The fraction of sp³-hybridized carbons (Fsp3) is 0.438. The summed E-state index contributed by atoms with van der Waals surface area (Å²) >= 11 is 0. The third-order valence-corrected chi connectivity index (χ3v) is 3.31. The summed E-state index contributed by atoms with van der Waals surface area (Å²) in [5, 5.41) is 0. The number of hydrogen-bond donors (Lipinski definition) is 2. The van der Waals surface area contributed by atoms with Gasteiger partial charge in [0.05, 0.1) is 11.9 Å². The molecular formula is C16H23N3. The molecule has 2 aromatic rings. The molecule has 19 heavy (non-hydrogen) atoms. The van der Waals surface area contributed by atoms with Gasteiger partial charge in [-0.3, -0.25) is 0 Å². The lowest BCUT2D eigenvalue weighted by molar-refractivity contribution is 0.590. The van der Waals surface area contributed by atoms with Gasteiger partial charge < -0.3 is 10.7 Å². The fourth-order valence-electron chi connectivity index (χ4n) is 2.06. The summed E-state index contributed by atoms with van der Waals surface area (Å²) in [4.78, 5) is 7.75. The van der Waals surface area contributed by atoms with Crippen LogP contribution in [0.3, 0.4) is 0 Å². The van der Waals surface area contributed by atoms with Gasteiger partial charge in [0.25, 0.3) is 0 Å². The summed E-state index contributed by atoms with van der Waals surface area (Å²) < 4.78 is 0. The van der Waals surface area contributed by atoms with Gasteiger partial charge in [0.15, 0.2) is 0 Å². The summed E-state index contributed by atoms with van der Waals surface area (Å²) in [6, 6.07) is 8.69. The van der Waals surface area contributed by atoms with Gasteiger partial charge in [-0.25, -0.2) is 4.98 Å². The second kappa shape index (κ2) is 5.57. The number of nitrogens with one attached hydrogen (secondary N) is 1. The fourth-order valence-corrected chi connectivity index (χ4v) is 2.06. The third kappa shape index (κ3) is 3.44. The van der Waals surface area contributed by atoms with E-state index < -0.39 is 0 Å². The largest absolute Gasteiger partial charge is 0.342 e. The molecule has 1 aromatic carbocycles. The van der Waals surface area contributed by atoms with Crippen molar-refractivity contribution in [2.24, 2.45) is 5.73 Å². The van der Waals surface area contributed by atoms with Crippen LogP contribution >= 0.6 is 0 Å². The molecule has 3 N–H and O–H groups in total. The number of nitrogens with two attached hydrogens (primary N) is 1. The van der Waals surface area contributed by atoms with Crippen LogP contribution in [0.4, 0.5) is 0 Å². The first-order chi connectivity index (χ1) is 9.00. The molecule has 0 aliphatic carbocycles. The number of H-pyrrole nitrogens is 1. The van der Waals surface area contributed by atoms with Crippen molar-refractivity contribution < 1.29 is 0 Å². The molecule has 2 rings (SSSR count). The molecule has 1 heterocycles. The maximum absolute atomic E-state index is 5.51. The summed E-state index contributed by atoms with van der Waals surface area (Å²) in [6.45, 7) is 7.38. The Kier molecular flexibility index (Phi) is 4.05. The SMILES string of the molecule is CC(C)(C)c1ccc(-c2cnc(CCCN)[nH]2)cc1. The Morgan fingerprint density at radius 1 is 1.16 bits per heavy atom. The van der Waals surface area contributed by atoms with Crippen molar-refractivity contribution in [1.82, 2.24) is 9.97 Å². The standard InChI is InChI=1S/C16H23N3/c1-16(2,3)13-8-6-12(7-9-13)14-11-18-15(19-14)5-4-10-17/h6-9,11H,4-5,10,17H2,1-3H3,(H,18,19). The predicted molar refractivity (Wildman–Crippen MR) is 80.1 cm³/mol. The van der Waals surface area contributed by atoms with Gasteiger partial charge in [-0.15, -0.1) is 0 Å². The lowest BCUT2D eigenvalue weighted by Crippen LogP contribution is -2.10. The monoisotopic (exact) mass is 257 g/mol. The number of imidazole rings is 1. The average molecular weight is 257 g/mol. The molecule has 3 heteroatoms. The minimum Gasteiger partial charge on any atom is -0.342 e. The average Bonchev–Trinajstić information content (AvgIpc) is 2.84. The van der Waals surface area contributed by atoms with Gasteiger partial charge in [0, 0.05) is 6.42 Å². The van der Waals surface area contributed by atoms with Crippen LogP contribution in [0.2, 0.25) is 0 Å². The lowest BCUT2D eigenvalue weighted by atomic mass is 9.86. The molecule has 102 valence electrons. The van der Waals surface area contributed by atoms with Crippen molar-refractivity contribution in [3.05, 3.63) is 41.9 Å². The molecule has 0 unspecified atom stereocenters. The molecule has 1 aromatic heterocycles. The minimum atomic E-state index is 0.193. The molecule has 0 spiro atoms. The number of hydrogen-bond acceptors (Lipinski definition) is 2. The van der Waals surface area contributed by atoms with Crippen LogP contribution in [0.15, 0.2) is 30.5 Å². The molecule has 0 bridgehead atoms. The summed E-state index contributed by atoms with van der Waals surface area (Å²) in [6.07, 6.45) is 3.78. The van der Waals surface area contributed by atoms with Crippen LogP contribution in [0.5, 0.6) is 0 Å². The maximum atomic E-state index is 5.51. The van der Waals surface area contributed by atoms with Gasteiger partial charge >= 0.3 is 0 Å². The van der Waals surface area contributed by atoms with E-state index in [4.69, 9.17) is 5.73 Å². The van der Waals surface area contributed by atoms with Gasteiger partial charge in [0.1, 0.15) is 5.82 Å². The number of aromatic nitrogens is 2. The second-order valence-corrected chi connectivity index (χ2v) is 5.96. The zero-order chi connectivity index (χ0) is 13.9. The topological polar surface area (TPSA) is 54.7 Å². The Balaban J connectivity index is 2.16. The van der Waals surface area contributed by atoms with Crippen molar-refractivity contribution in [3.63, 3.8) is 0 Å². The number of aryl methyl sites for hydroxylation is 1. The van der Waals surface area contributed by atoms with Crippen LogP contribution in [-0.2, 0) is 11.8 Å². The highest BCUT2D eigenvalue weighted by atomic mass is 14.9. The van der Waals surface area contributed by atoms with Crippen molar-refractivity contribution in [3.8, 4) is 11.3 Å². The van der Waals surface area contributed by atoms with Crippen molar-refractivity contribution in [2.75, 3.05) is 6.54 Å². The second-order valence-electron chi connectivity index (χ2n) is 5.96. The van der Waals surface area contributed by atoms with Gasteiger partial charge in [-0.05, 0) is 29.5 Å². The van der Waals surface area contributed by atoms with Crippen LogP contribution in [0.1, 0.15) is 38.6 Å². The molecule has 0 aliphatic heterocycles. The van der Waals surface area contributed by atoms with E-state index in [0.717, 1.165) is 24.4 Å². The molecule has 0 radical (unpaired) electrons. The Morgan fingerprint density at radius 2 is 1.84 bits per heavy atom. The number of rotatable bonds is 4. The number of benzene rings is 1. The molecule has 0 fully saturated rings. The van der Waals surface area contributed by atoms with E-state index >= 15 is 0 Å². The first kappa shape index (κ1) is 13.8. The van der Waals surface area contributed by atoms with Crippen LogP contribution in [0.25, 0.3) is 11.3 Å². The normalized spacial score (nSPS) is 11.8. The molecule has 0 amide bonds. The molecule has 3 nitrogen and oxygen atoms in total. The van der Waals surface area contributed by atoms with Crippen LogP contribution in [0, 0.1) is 0 Å². The third-order valence-electron chi connectivity index (χ3n) is 3.31. The van der Waals surface area contributed by atoms with Gasteiger partial charge in [-0.2, -0.15) is 0 Å². The Hall–Kier alpha value is -1.61. The first-order valence-corrected chi connectivity index (χ1v) is 6.85. The minimum absolute atomic E-state index is 0.193. The number of nitrogens with zero attached hydrogens (tertiary/aromatic N) is 1. The van der Waals surface area contributed by atoms with E-state index in [1.165, 1.54) is 11.1 Å². The van der Waals surface area contributed by atoms with Crippen LogP contribution < -0.4 is 5.73 Å². The zero-order valence-corrected chi connectivity index (χ0v) is 12.0. The lowest BCUT2D eigenvalue weighted by Gasteiger charge is -2.18. The highest BCUT2D eigenvalue weighted by Crippen LogP contribution is 2.25. The molecular weight excluding hydrogens is 234 g/mol. The summed E-state index contributed by atoms with van der Waals surface area (Å²) in [7, 11) is 0. The summed E-state index contributed by atoms with van der Waals surface area (Å²) in [5.41, 5.74) is 9.31. The molecule has 0 saturated heterocycles. The molecule has 0 atom stereocenters. The smallest absolute Gasteiger partial charge is 0.106 e. The van der Waals surface area contributed by atoms with Gasteiger partial charge in [0.2, 0.25) is 0 Å². The quantitative estimate of drug-likeness (QED) is 0.883. The number of aromatic amines is 1. The van der Waals surface area contributed by atoms with E-state index in [1.54, 1.807) is 0 Å². The Bertz CT molecular complexity index is 518. The van der Waals surface area contributed by atoms with E-state index in [0.29, 0.717) is 6.54 Å². The van der Waals surface area contributed by atoms with E-state index in [-0.39, 0.29) is 5.41 Å². The van der Waals surface area contributed by atoms with E-state index in [1.807, 2.05) is 6.20 Å². The molecule has 0 saturated carbocycles. The van der Waals surface area contributed by atoms with E-state index in [2.05, 4.69) is 55.0 Å². The first-order valence-electron chi connectivity index (χ1n) is 6.85. The maximum Gasteiger partial charge on any atom is 0.106 e. The molecule has 0 aliphatic rings. The predicted octanol–water partition coefficient (Wildman–Crippen LogP) is 3.27.